The van der Waals surface area contributed by atoms with Crippen LogP contribution in [-0.2, 0) is 0 Å². The van der Waals surface area contributed by atoms with Crippen molar-refractivity contribution in [2.75, 3.05) is 0 Å². The molecule has 0 aliphatic rings. The average Bonchev–Trinajstić information content (AvgIpc) is 2.18. The molecule has 16 heavy (non-hydrogen) atoms. The molecule has 0 unspecified atom stereocenters. The van der Waals surface area contributed by atoms with E-state index < -0.39 is 42.2 Å². The maximum absolute atomic E-state index is 12.7. The second-order valence-electron chi connectivity index (χ2n) is 2.34. The van der Waals surface area contributed by atoms with Gasteiger partial charge in [0.05, 0.1) is 0 Å². The summed E-state index contributed by atoms with van der Waals surface area (Å²) in [6.07, 6.45) is 0. The van der Waals surface area contributed by atoms with E-state index in [2.05, 4.69) is 4.65 Å². The first-order valence-corrected chi connectivity index (χ1v) is 3.40. The van der Waals surface area contributed by atoms with Gasteiger partial charge in [-0.25, -0.2) is 13.2 Å². The van der Waals surface area contributed by atoms with Crippen molar-refractivity contribution in [1.29, 1.82) is 0 Å². The van der Waals surface area contributed by atoms with Gasteiger partial charge in [-0.2, -0.15) is 8.78 Å². The predicted molar refractivity (Wildman–Crippen MR) is 47.4 cm³/mol. The quantitative estimate of drug-likeness (QED) is 0.375. The van der Waals surface area contributed by atoms with Crippen molar-refractivity contribution in [2.24, 2.45) is 0 Å². The first kappa shape index (κ1) is 15.1. The van der Waals surface area contributed by atoms with E-state index in [4.69, 9.17) is 10.0 Å². The summed E-state index contributed by atoms with van der Waals surface area (Å²) in [5.41, 5.74) is 0. The molecule has 0 saturated heterocycles. The summed E-state index contributed by atoms with van der Waals surface area (Å²) in [6, 6.07) is 0. The molecular weight excluding hydrogens is 306 g/mol. The van der Waals surface area contributed by atoms with E-state index in [1.807, 2.05) is 0 Å². The fourth-order valence-electron chi connectivity index (χ4n) is 0.794. The van der Waals surface area contributed by atoms with Gasteiger partial charge in [0.2, 0.25) is 29.1 Å². The van der Waals surface area contributed by atoms with Gasteiger partial charge in [-0.1, -0.05) is 0 Å². The molecule has 0 fully saturated rings. The van der Waals surface area contributed by atoms with Crippen molar-refractivity contribution in [3.05, 3.63) is 29.1 Å². The van der Waals surface area contributed by atoms with E-state index in [-0.39, 0.29) is 17.0 Å². The van der Waals surface area contributed by atoms with Gasteiger partial charge in [0.1, 0.15) is 0 Å². The van der Waals surface area contributed by atoms with Gasteiger partial charge in [0.25, 0.3) is 0 Å². The summed E-state index contributed by atoms with van der Waals surface area (Å²) in [5, 5.41) is 16.3. The third-order valence-electron chi connectivity index (χ3n) is 1.39. The largest absolute Gasteiger partial charge is 0.707 e. The van der Waals surface area contributed by atoms with Crippen LogP contribution in [0.1, 0.15) is 0 Å². The fraction of sp³-hybridized carbons (Fsp3) is 0. The second kappa shape index (κ2) is 5.46. The Morgan fingerprint density at radius 3 is 1.38 bits per heavy atom. The number of rotatable bonds is 2. The van der Waals surface area contributed by atoms with Crippen LogP contribution in [0.3, 0.4) is 0 Å². The van der Waals surface area contributed by atoms with Gasteiger partial charge >= 0.3 is 7.32 Å². The van der Waals surface area contributed by atoms with Gasteiger partial charge in [0.15, 0.2) is 5.75 Å². The number of halogens is 6. The van der Waals surface area contributed by atoms with E-state index in [1.165, 1.54) is 0 Å². The Morgan fingerprint density at radius 2 is 1.06 bits per heavy atom. The van der Waals surface area contributed by atoms with E-state index in [9.17, 15) is 22.0 Å². The fourth-order valence-corrected chi connectivity index (χ4v) is 0.794. The Kier molecular flexibility index (Phi) is 5.16. The molecular formula is C6H3BBrF5O3. The molecule has 0 amide bonds. The molecule has 0 bridgehead atoms. The maximum atomic E-state index is 12.7. The van der Waals surface area contributed by atoms with Gasteiger partial charge in [-0.15, -0.1) is 17.0 Å². The molecule has 1 aromatic rings. The summed E-state index contributed by atoms with van der Waals surface area (Å²) in [7, 11) is -2.70. The molecule has 0 saturated carbocycles. The molecule has 0 heterocycles. The average molecular weight is 309 g/mol. The first-order chi connectivity index (χ1) is 6.86. The molecule has 0 aliphatic heterocycles. The highest BCUT2D eigenvalue weighted by Gasteiger charge is 2.29. The highest BCUT2D eigenvalue weighted by Crippen LogP contribution is 2.28. The zero-order valence-electron chi connectivity index (χ0n) is 7.18. The molecule has 0 spiro atoms. The van der Waals surface area contributed by atoms with E-state index in [0.29, 0.717) is 0 Å². The number of hydrogen-bond donors (Lipinski definition) is 2. The summed E-state index contributed by atoms with van der Waals surface area (Å²) < 4.78 is 66.3. The number of benzene rings is 1. The predicted octanol–water partition coefficient (Wildman–Crippen LogP) is 1.31. The standard InChI is InChI=1S/C6H2BF5O3.BrH/c8-1-2(9)4(11)6(15-7(13)14)5(12)3(1)10;/h13-14H;1H. The lowest BCUT2D eigenvalue weighted by Gasteiger charge is -2.08. The monoisotopic (exact) mass is 308 g/mol. The van der Waals surface area contributed by atoms with E-state index in [0.717, 1.165) is 0 Å². The van der Waals surface area contributed by atoms with Crippen molar-refractivity contribution < 1.29 is 36.7 Å². The molecule has 90 valence electrons. The van der Waals surface area contributed by atoms with Crippen molar-refractivity contribution in [2.45, 2.75) is 0 Å². The molecule has 0 radical (unpaired) electrons. The third-order valence-corrected chi connectivity index (χ3v) is 1.39. The highest BCUT2D eigenvalue weighted by molar-refractivity contribution is 8.93. The third kappa shape index (κ3) is 2.63. The summed E-state index contributed by atoms with van der Waals surface area (Å²) in [6.45, 7) is 0. The Labute approximate surface area is 96.4 Å². The first-order valence-electron chi connectivity index (χ1n) is 3.40. The Bertz CT molecular complexity index is 373. The van der Waals surface area contributed by atoms with E-state index >= 15 is 0 Å². The van der Waals surface area contributed by atoms with Crippen LogP contribution in [0.2, 0.25) is 0 Å². The lowest BCUT2D eigenvalue weighted by molar-refractivity contribution is 0.263. The zero-order valence-corrected chi connectivity index (χ0v) is 8.89. The van der Waals surface area contributed by atoms with Crippen LogP contribution < -0.4 is 4.65 Å². The summed E-state index contributed by atoms with van der Waals surface area (Å²) in [5.74, 6) is -13.1. The van der Waals surface area contributed by atoms with Crippen LogP contribution in [0.5, 0.6) is 5.75 Å². The highest BCUT2D eigenvalue weighted by atomic mass is 79.9. The topological polar surface area (TPSA) is 49.7 Å². The minimum atomic E-state index is -2.70. The molecule has 0 atom stereocenters. The maximum Gasteiger partial charge on any atom is 0.707 e. The van der Waals surface area contributed by atoms with Crippen LogP contribution in [0.4, 0.5) is 22.0 Å². The van der Waals surface area contributed by atoms with Crippen LogP contribution in [0.15, 0.2) is 0 Å². The van der Waals surface area contributed by atoms with E-state index in [1.54, 1.807) is 0 Å². The molecule has 0 aromatic heterocycles. The van der Waals surface area contributed by atoms with Crippen LogP contribution in [0.25, 0.3) is 0 Å². The smallest absolute Gasteiger partial charge is 0.507 e. The SMILES string of the molecule is Br.OB(O)Oc1c(F)c(F)c(F)c(F)c1F. The summed E-state index contributed by atoms with van der Waals surface area (Å²) in [4.78, 5) is 0. The molecule has 1 aromatic carbocycles. The lowest BCUT2D eigenvalue weighted by atomic mass is 10.2. The van der Waals surface area contributed by atoms with Crippen molar-refractivity contribution in [3.8, 4) is 5.75 Å². The van der Waals surface area contributed by atoms with Gasteiger partial charge in [-0.3, -0.25) is 0 Å². The second-order valence-corrected chi connectivity index (χ2v) is 2.34. The Hall–Kier alpha value is -0.865. The molecule has 10 heteroatoms. The lowest BCUT2D eigenvalue weighted by Crippen LogP contribution is -2.23. The van der Waals surface area contributed by atoms with Crippen LogP contribution in [0, 0.1) is 29.1 Å². The van der Waals surface area contributed by atoms with Gasteiger partial charge in [0, 0.05) is 0 Å². The molecule has 0 aliphatic carbocycles. The summed E-state index contributed by atoms with van der Waals surface area (Å²) >= 11 is 0. The molecule has 1 rings (SSSR count). The molecule has 2 N–H and O–H groups in total. The van der Waals surface area contributed by atoms with Crippen LogP contribution in [-0.4, -0.2) is 17.4 Å². The molecule has 3 nitrogen and oxygen atoms in total. The van der Waals surface area contributed by atoms with Gasteiger partial charge < -0.3 is 14.7 Å². The van der Waals surface area contributed by atoms with Crippen molar-refractivity contribution in [3.63, 3.8) is 0 Å². The minimum Gasteiger partial charge on any atom is -0.507 e. The van der Waals surface area contributed by atoms with Crippen molar-refractivity contribution >= 4 is 24.3 Å². The number of hydrogen-bond acceptors (Lipinski definition) is 3. The van der Waals surface area contributed by atoms with Crippen LogP contribution >= 0.6 is 17.0 Å². The van der Waals surface area contributed by atoms with Crippen molar-refractivity contribution in [1.82, 2.24) is 0 Å². The normalized spacial score (nSPS) is 9.69. The van der Waals surface area contributed by atoms with Gasteiger partial charge in [-0.05, 0) is 0 Å². The zero-order chi connectivity index (χ0) is 11.7. The Morgan fingerprint density at radius 1 is 0.750 bits per heavy atom. The minimum absolute atomic E-state index is 0. The Balaban J connectivity index is 0.00000225.